The first kappa shape index (κ1) is 19.8. The molecule has 0 atom stereocenters. The molecule has 0 bridgehead atoms. The number of hydrogen-bond acceptors (Lipinski definition) is 7. The first-order valence-corrected chi connectivity index (χ1v) is 8.97. The molecular formula is C17H15F3N4O3S. The second kappa shape index (κ2) is 8.83. The highest BCUT2D eigenvalue weighted by Crippen LogP contribution is 2.25. The standard InChI is InChI=1S/C17H15F3N4O3S/c1-25-13-6-8-14(9-7-13)26-10-11-28-16-21-22-23-24(16)12-2-4-15(5-3-12)27-17(18,19)20/h2-9H,10-11H2,1H3. The highest BCUT2D eigenvalue weighted by molar-refractivity contribution is 7.99. The van der Waals surface area contributed by atoms with E-state index in [1.165, 1.54) is 40.7 Å². The van der Waals surface area contributed by atoms with Gasteiger partial charge in [0, 0.05) is 5.75 Å². The van der Waals surface area contributed by atoms with Crippen molar-refractivity contribution in [2.75, 3.05) is 19.5 Å². The molecule has 11 heteroatoms. The Labute approximate surface area is 162 Å². The largest absolute Gasteiger partial charge is 0.573 e. The Morgan fingerprint density at radius 2 is 1.61 bits per heavy atom. The fraction of sp³-hybridized carbons (Fsp3) is 0.235. The van der Waals surface area contributed by atoms with Gasteiger partial charge in [-0.15, -0.1) is 18.3 Å². The van der Waals surface area contributed by atoms with Crippen molar-refractivity contribution in [1.82, 2.24) is 20.2 Å². The molecule has 0 aliphatic heterocycles. The van der Waals surface area contributed by atoms with E-state index >= 15 is 0 Å². The van der Waals surface area contributed by atoms with Crippen LogP contribution in [0.15, 0.2) is 53.7 Å². The number of aromatic nitrogens is 4. The Morgan fingerprint density at radius 1 is 0.964 bits per heavy atom. The maximum absolute atomic E-state index is 12.2. The zero-order chi connectivity index (χ0) is 20.0. The molecule has 1 aromatic heterocycles. The Kier molecular flexibility index (Phi) is 6.24. The van der Waals surface area contributed by atoms with Crippen molar-refractivity contribution in [2.45, 2.75) is 11.5 Å². The summed E-state index contributed by atoms with van der Waals surface area (Å²) >= 11 is 1.36. The molecule has 28 heavy (non-hydrogen) atoms. The number of thioether (sulfide) groups is 1. The third-order valence-corrected chi connectivity index (χ3v) is 4.28. The van der Waals surface area contributed by atoms with E-state index in [1.54, 1.807) is 31.4 Å². The third kappa shape index (κ3) is 5.52. The van der Waals surface area contributed by atoms with Gasteiger partial charge in [-0.05, 0) is 59.0 Å². The van der Waals surface area contributed by atoms with Crippen LogP contribution in [0.25, 0.3) is 5.69 Å². The van der Waals surface area contributed by atoms with Gasteiger partial charge in [0.1, 0.15) is 17.2 Å². The monoisotopic (exact) mass is 412 g/mol. The zero-order valence-corrected chi connectivity index (χ0v) is 15.4. The molecule has 0 N–H and O–H groups in total. The maximum Gasteiger partial charge on any atom is 0.573 e. The number of nitrogens with zero attached hydrogens (tertiary/aromatic N) is 4. The molecule has 0 aliphatic carbocycles. The number of tetrazole rings is 1. The number of methoxy groups -OCH3 is 1. The van der Waals surface area contributed by atoms with Crippen LogP contribution in [-0.4, -0.2) is 46.0 Å². The number of rotatable bonds is 8. The Bertz CT molecular complexity index is 886. The van der Waals surface area contributed by atoms with Gasteiger partial charge in [0.05, 0.1) is 19.4 Å². The van der Waals surface area contributed by atoms with Crippen molar-refractivity contribution in [2.24, 2.45) is 0 Å². The van der Waals surface area contributed by atoms with Crippen molar-refractivity contribution in [3.8, 4) is 22.9 Å². The van der Waals surface area contributed by atoms with E-state index in [2.05, 4.69) is 20.3 Å². The van der Waals surface area contributed by atoms with Gasteiger partial charge in [0.15, 0.2) is 0 Å². The van der Waals surface area contributed by atoms with Crippen LogP contribution in [-0.2, 0) is 0 Å². The van der Waals surface area contributed by atoms with Gasteiger partial charge in [-0.1, -0.05) is 11.8 Å². The summed E-state index contributed by atoms with van der Waals surface area (Å²) in [6.45, 7) is 0.419. The van der Waals surface area contributed by atoms with Gasteiger partial charge < -0.3 is 14.2 Å². The van der Waals surface area contributed by atoms with Gasteiger partial charge in [-0.2, -0.15) is 4.68 Å². The minimum Gasteiger partial charge on any atom is -0.497 e. The predicted molar refractivity (Wildman–Crippen MR) is 95.1 cm³/mol. The Hall–Kier alpha value is -2.95. The van der Waals surface area contributed by atoms with Crippen molar-refractivity contribution < 1.29 is 27.4 Å². The molecule has 0 fully saturated rings. The number of hydrogen-bond donors (Lipinski definition) is 0. The number of ether oxygens (including phenoxy) is 3. The number of halogens is 3. The van der Waals surface area contributed by atoms with Crippen molar-refractivity contribution in [1.29, 1.82) is 0 Å². The predicted octanol–water partition coefficient (Wildman–Crippen LogP) is 3.74. The molecule has 3 aromatic rings. The fourth-order valence-corrected chi connectivity index (χ4v) is 2.89. The van der Waals surface area contributed by atoms with Crippen LogP contribution < -0.4 is 14.2 Å². The van der Waals surface area contributed by atoms with Crippen molar-refractivity contribution in [3.63, 3.8) is 0 Å². The smallest absolute Gasteiger partial charge is 0.497 e. The lowest BCUT2D eigenvalue weighted by atomic mass is 10.3. The lowest BCUT2D eigenvalue weighted by molar-refractivity contribution is -0.274. The van der Waals surface area contributed by atoms with E-state index in [9.17, 15) is 13.2 Å². The molecule has 3 rings (SSSR count). The number of benzene rings is 2. The van der Waals surface area contributed by atoms with Crippen LogP contribution in [0.3, 0.4) is 0 Å². The molecule has 2 aromatic carbocycles. The number of alkyl halides is 3. The normalized spacial score (nSPS) is 11.3. The van der Waals surface area contributed by atoms with E-state index in [0.29, 0.717) is 29.0 Å². The summed E-state index contributed by atoms with van der Waals surface area (Å²) in [5.74, 6) is 1.71. The average molecular weight is 412 g/mol. The minimum absolute atomic E-state index is 0.314. The van der Waals surface area contributed by atoms with Gasteiger partial charge in [0.25, 0.3) is 0 Å². The second-order valence-electron chi connectivity index (χ2n) is 5.29. The first-order chi connectivity index (χ1) is 13.4. The van der Waals surface area contributed by atoms with E-state index in [0.717, 1.165) is 5.75 Å². The molecule has 0 radical (unpaired) electrons. The Morgan fingerprint density at radius 3 is 2.25 bits per heavy atom. The van der Waals surface area contributed by atoms with Crippen LogP contribution in [0.5, 0.6) is 17.2 Å². The Balaban J connectivity index is 1.54. The SMILES string of the molecule is COc1ccc(OCCSc2nnnn2-c2ccc(OC(F)(F)F)cc2)cc1. The van der Waals surface area contributed by atoms with Crippen LogP contribution in [0.4, 0.5) is 13.2 Å². The summed E-state index contributed by atoms with van der Waals surface area (Å²) in [5, 5.41) is 11.9. The summed E-state index contributed by atoms with van der Waals surface area (Å²) in [5.41, 5.74) is 0.512. The summed E-state index contributed by atoms with van der Waals surface area (Å²) < 4.78 is 52.7. The maximum atomic E-state index is 12.2. The quantitative estimate of drug-likeness (QED) is 0.412. The van der Waals surface area contributed by atoms with E-state index in [4.69, 9.17) is 9.47 Å². The average Bonchev–Trinajstić information content (AvgIpc) is 3.13. The summed E-state index contributed by atoms with van der Waals surface area (Å²) in [6, 6.07) is 12.5. The van der Waals surface area contributed by atoms with Gasteiger partial charge in [-0.3, -0.25) is 0 Å². The van der Waals surface area contributed by atoms with Crippen molar-refractivity contribution >= 4 is 11.8 Å². The summed E-state index contributed by atoms with van der Waals surface area (Å²) in [4.78, 5) is 0. The first-order valence-electron chi connectivity index (χ1n) is 7.99. The van der Waals surface area contributed by atoms with Crippen LogP contribution in [0.2, 0.25) is 0 Å². The van der Waals surface area contributed by atoms with E-state index in [1.807, 2.05) is 0 Å². The van der Waals surface area contributed by atoms with E-state index in [-0.39, 0.29) is 5.75 Å². The molecule has 0 aliphatic rings. The van der Waals surface area contributed by atoms with Crippen LogP contribution in [0.1, 0.15) is 0 Å². The molecule has 0 saturated carbocycles. The molecule has 0 spiro atoms. The summed E-state index contributed by atoms with van der Waals surface area (Å²) in [6.07, 6.45) is -4.73. The highest BCUT2D eigenvalue weighted by atomic mass is 32.2. The lowest BCUT2D eigenvalue weighted by Gasteiger charge is -2.10. The lowest BCUT2D eigenvalue weighted by Crippen LogP contribution is -2.17. The molecule has 7 nitrogen and oxygen atoms in total. The highest BCUT2D eigenvalue weighted by Gasteiger charge is 2.31. The van der Waals surface area contributed by atoms with E-state index < -0.39 is 6.36 Å². The summed E-state index contributed by atoms with van der Waals surface area (Å²) in [7, 11) is 1.59. The van der Waals surface area contributed by atoms with Gasteiger partial charge >= 0.3 is 6.36 Å². The van der Waals surface area contributed by atoms with Crippen molar-refractivity contribution in [3.05, 3.63) is 48.5 Å². The molecule has 0 unspecified atom stereocenters. The molecular weight excluding hydrogens is 397 g/mol. The van der Waals surface area contributed by atoms with Gasteiger partial charge in [0.2, 0.25) is 5.16 Å². The molecule has 0 saturated heterocycles. The second-order valence-corrected chi connectivity index (χ2v) is 6.35. The molecule has 148 valence electrons. The van der Waals surface area contributed by atoms with Crippen LogP contribution in [0, 0.1) is 0 Å². The molecule has 1 heterocycles. The molecule has 0 amide bonds. The minimum atomic E-state index is -4.73. The topological polar surface area (TPSA) is 71.3 Å². The third-order valence-electron chi connectivity index (χ3n) is 3.40. The van der Waals surface area contributed by atoms with Crippen LogP contribution >= 0.6 is 11.8 Å². The zero-order valence-electron chi connectivity index (χ0n) is 14.6. The van der Waals surface area contributed by atoms with Gasteiger partial charge in [-0.25, -0.2) is 0 Å². The fourth-order valence-electron chi connectivity index (χ4n) is 2.18.